The number of ether oxygens (including phenoxy) is 1. The van der Waals surface area contributed by atoms with Crippen LogP contribution in [-0.4, -0.2) is 28.6 Å². The van der Waals surface area contributed by atoms with E-state index in [0.29, 0.717) is 6.42 Å². The van der Waals surface area contributed by atoms with E-state index in [1.807, 2.05) is 0 Å². The predicted octanol–water partition coefficient (Wildman–Crippen LogP) is 2.49. The molecule has 1 unspecified atom stereocenters. The molecule has 0 amide bonds. The molecule has 0 saturated heterocycles. The molecule has 10 heteroatoms. The minimum atomic E-state index is -0.756. The normalized spacial score (nSPS) is 11.9. The van der Waals surface area contributed by atoms with Crippen molar-refractivity contribution in [3.05, 3.63) is 38.4 Å². The molecule has 124 valence electrons. The number of non-ortho nitro benzene ring substituents is 1. The third-order valence-electron chi connectivity index (χ3n) is 2.86. The maximum atomic E-state index is 11.6. The number of hydrazone groups is 1. The second-order valence-corrected chi connectivity index (χ2v) is 4.37. The predicted molar refractivity (Wildman–Crippen MR) is 82.3 cm³/mol. The van der Waals surface area contributed by atoms with Crippen LogP contribution in [0.4, 0.5) is 17.1 Å². The Labute approximate surface area is 131 Å². The van der Waals surface area contributed by atoms with Gasteiger partial charge in [0, 0.05) is 12.3 Å². The summed E-state index contributed by atoms with van der Waals surface area (Å²) in [5.41, 5.74) is 1.52. The van der Waals surface area contributed by atoms with Crippen LogP contribution in [0.5, 0.6) is 0 Å². The summed E-state index contributed by atoms with van der Waals surface area (Å²) in [6.07, 6.45) is 1.73. The molecule has 1 aromatic rings. The van der Waals surface area contributed by atoms with Gasteiger partial charge in [-0.05, 0) is 19.4 Å². The van der Waals surface area contributed by atoms with Crippen LogP contribution < -0.4 is 5.43 Å². The summed E-state index contributed by atoms with van der Waals surface area (Å²) in [4.78, 5) is 31.7. The molecule has 0 aliphatic rings. The van der Waals surface area contributed by atoms with Gasteiger partial charge >= 0.3 is 11.7 Å². The number of esters is 1. The first-order valence-corrected chi connectivity index (χ1v) is 6.79. The molecule has 0 saturated carbocycles. The zero-order chi connectivity index (χ0) is 17.4. The first kappa shape index (κ1) is 18.0. The molecule has 1 atom stereocenters. The lowest BCUT2D eigenvalue weighted by Crippen LogP contribution is -2.18. The fraction of sp³-hybridized carbons (Fsp3) is 0.385. The van der Waals surface area contributed by atoms with Gasteiger partial charge in [0.2, 0.25) is 0 Å². The van der Waals surface area contributed by atoms with E-state index in [1.165, 1.54) is 12.3 Å². The summed E-state index contributed by atoms with van der Waals surface area (Å²) in [5.74, 6) is -1.03. The largest absolute Gasteiger partial charge is 0.465 e. The smallest absolute Gasteiger partial charge is 0.314 e. The summed E-state index contributed by atoms with van der Waals surface area (Å²) in [7, 11) is 0. The minimum Gasteiger partial charge on any atom is -0.465 e. The number of nitro benzene ring substituents is 2. The van der Waals surface area contributed by atoms with Gasteiger partial charge in [0.15, 0.2) is 0 Å². The molecule has 1 aromatic carbocycles. The average Bonchev–Trinajstić information content (AvgIpc) is 2.51. The summed E-state index contributed by atoms with van der Waals surface area (Å²) in [5, 5.41) is 25.4. The van der Waals surface area contributed by atoms with Crippen LogP contribution in [-0.2, 0) is 9.53 Å². The number of anilines is 1. The fourth-order valence-electron chi connectivity index (χ4n) is 1.66. The second-order valence-electron chi connectivity index (χ2n) is 4.37. The zero-order valence-corrected chi connectivity index (χ0v) is 12.6. The fourth-order valence-corrected chi connectivity index (χ4v) is 1.66. The van der Waals surface area contributed by atoms with E-state index in [1.54, 1.807) is 13.8 Å². The molecule has 0 spiro atoms. The van der Waals surface area contributed by atoms with Crippen molar-refractivity contribution in [1.82, 2.24) is 0 Å². The number of hydrogen-bond acceptors (Lipinski definition) is 8. The summed E-state index contributed by atoms with van der Waals surface area (Å²) >= 11 is 0. The molecule has 0 heterocycles. The van der Waals surface area contributed by atoms with Gasteiger partial charge in [-0.25, -0.2) is 0 Å². The highest BCUT2D eigenvalue weighted by atomic mass is 16.6. The highest BCUT2D eigenvalue weighted by Gasteiger charge is 2.19. The van der Waals surface area contributed by atoms with Crippen LogP contribution in [0.25, 0.3) is 0 Å². The Morgan fingerprint density at radius 3 is 2.57 bits per heavy atom. The lowest BCUT2D eigenvalue weighted by molar-refractivity contribution is -0.393. The number of hydrogen-bond donors (Lipinski definition) is 1. The number of nitrogens with zero attached hydrogens (tertiary/aromatic N) is 3. The molecule has 1 N–H and O–H groups in total. The van der Waals surface area contributed by atoms with Gasteiger partial charge in [0.25, 0.3) is 5.69 Å². The van der Waals surface area contributed by atoms with Gasteiger partial charge in [-0.3, -0.25) is 30.4 Å². The van der Waals surface area contributed by atoms with E-state index in [4.69, 9.17) is 4.74 Å². The molecule has 1 rings (SSSR count). The highest BCUT2D eigenvalue weighted by Crippen LogP contribution is 2.28. The van der Waals surface area contributed by atoms with Crippen molar-refractivity contribution in [2.45, 2.75) is 20.3 Å². The SMILES string of the molecule is CCOC(=O)C(C=NNc1ccc([N+](=O)[O-])cc1[N+](=O)[O-])CC. The summed E-state index contributed by atoms with van der Waals surface area (Å²) in [6.45, 7) is 3.69. The van der Waals surface area contributed by atoms with Gasteiger partial charge in [-0.15, -0.1) is 0 Å². The van der Waals surface area contributed by atoms with E-state index >= 15 is 0 Å². The maximum Gasteiger partial charge on any atom is 0.314 e. The molecule has 0 aliphatic heterocycles. The summed E-state index contributed by atoms with van der Waals surface area (Å²) in [6, 6.07) is 3.13. The van der Waals surface area contributed by atoms with Gasteiger partial charge < -0.3 is 4.74 Å². The second kappa shape index (κ2) is 8.41. The Morgan fingerprint density at radius 2 is 2.04 bits per heavy atom. The van der Waals surface area contributed by atoms with E-state index in [2.05, 4.69) is 10.5 Å². The van der Waals surface area contributed by atoms with Crippen molar-refractivity contribution >= 4 is 29.2 Å². The van der Waals surface area contributed by atoms with E-state index < -0.39 is 33.1 Å². The van der Waals surface area contributed by atoms with Crippen LogP contribution in [0, 0.1) is 26.1 Å². The standard InChI is InChI=1S/C13H16N4O6/c1-3-9(13(18)23-4-2)8-14-15-11-6-5-10(16(19)20)7-12(11)17(21)22/h5-9,15H,3-4H2,1-2H3. The zero-order valence-electron chi connectivity index (χ0n) is 12.6. The van der Waals surface area contributed by atoms with Gasteiger partial charge in [0.1, 0.15) is 5.69 Å². The molecular weight excluding hydrogens is 308 g/mol. The third kappa shape index (κ3) is 5.02. The number of carbonyl (C=O) groups is 1. The maximum absolute atomic E-state index is 11.6. The van der Waals surface area contributed by atoms with Crippen molar-refractivity contribution in [3.8, 4) is 0 Å². The van der Waals surface area contributed by atoms with Crippen molar-refractivity contribution in [2.24, 2.45) is 11.0 Å². The number of rotatable bonds is 8. The molecule has 23 heavy (non-hydrogen) atoms. The molecule has 0 aromatic heterocycles. The Bertz CT molecular complexity index is 631. The van der Waals surface area contributed by atoms with E-state index in [-0.39, 0.29) is 12.3 Å². The van der Waals surface area contributed by atoms with Crippen LogP contribution in [0.1, 0.15) is 20.3 Å². The average molecular weight is 324 g/mol. The summed E-state index contributed by atoms with van der Waals surface area (Å²) < 4.78 is 4.86. The first-order valence-electron chi connectivity index (χ1n) is 6.79. The molecule has 0 fully saturated rings. The Hall–Kier alpha value is -3.04. The number of benzene rings is 1. The Kier molecular flexibility index (Phi) is 6.59. The van der Waals surface area contributed by atoms with E-state index in [0.717, 1.165) is 12.1 Å². The van der Waals surface area contributed by atoms with E-state index in [9.17, 15) is 25.0 Å². The third-order valence-corrected chi connectivity index (χ3v) is 2.86. The molecule has 0 aliphatic carbocycles. The van der Waals surface area contributed by atoms with Crippen LogP contribution >= 0.6 is 0 Å². The quantitative estimate of drug-likeness (QED) is 0.335. The highest BCUT2D eigenvalue weighted by molar-refractivity contribution is 5.90. The van der Waals surface area contributed by atoms with Crippen LogP contribution in [0.3, 0.4) is 0 Å². The molecule has 0 bridgehead atoms. The molecule has 10 nitrogen and oxygen atoms in total. The topological polar surface area (TPSA) is 137 Å². The molecule has 0 radical (unpaired) electrons. The first-order chi connectivity index (χ1) is 10.9. The van der Waals surface area contributed by atoms with Crippen LogP contribution in [0.15, 0.2) is 23.3 Å². The Balaban J connectivity index is 2.92. The van der Waals surface area contributed by atoms with Crippen molar-refractivity contribution < 1.29 is 19.4 Å². The Morgan fingerprint density at radius 1 is 1.35 bits per heavy atom. The van der Waals surface area contributed by atoms with Gasteiger partial charge in [-0.1, -0.05) is 6.92 Å². The number of carbonyl (C=O) groups excluding carboxylic acids is 1. The minimum absolute atomic E-state index is 0.0180. The number of nitrogens with one attached hydrogen (secondary N) is 1. The lowest BCUT2D eigenvalue weighted by atomic mass is 10.1. The van der Waals surface area contributed by atoms with Crippen molar-refractivity contribution in [1.29, 1.82) is 0 Å². The molecular formula is C13H16N4O6. The van der Waals surface area contributed by atoms with Gasteiger partial charge in [0.05, 0.1) is 28.4 Å². The lowest BCUT2D eigenvalue weighted by Gasteiger charge is -2.08. The van der Waals surface area contributed by atoms with Gasteiger partial charge in [-0.2, -0.15) is 5.10 Å². The number of nitro groups is 2. The van der Waals surface area contributed by atoms with Crippen LogP contribution in [0.2, 0.25) is 0 Å². The monoisotopic (exact) mass is 324 g/mol. The van der Waals surface area contributed by atoms with Crippen molar-refractivity contribution in [3.63, 3.8) is 0 Å². The van der Waals surface area contributed by atoms with Crippen molar-refractivity contribution in [2.75, 3.05) is 12.0 Å².